The average Bonchev–Trinajstić information content (AvgIpc) is 3.29. The van der Waals surface area contributed by atoms with E-state index in [-0.39, 0.29) is 30.8 Å². The molecule has 4 rings (SSSR count). The first-order chi connectivity index (χ1) is 16.8. The zero-order valence-electron chi connectivity index (χ0n) is 18.0. The van der Waals surface area contributed by atoms with Crippen LogP contribution in [0.2, 0.25) is 0 Å². The molecule has 0 spiro atoms. The number of H-pyrrole nitrogens is 1. The summed E-state index contributed by atoms with van der Waals surface area (Å²) in [4.78, 5) is 14.7. The van der Waals surface area contributed by atoms with E-state index in [0.717, 1.165) is 12.1 Å². The number of Topliss-reactive ketones (excluding diaryl/α,β-unsaturated/α-hetero) is 1. The first-order valence-corrected chi connectivity index (χ1v) is 11.7. The van der Waals surface area contributed by atoms with Gasteiger partial charge in [0.2, 0.25) is 9.84 Å². The lowest BCUT2D eigenvalue weighted by molar-refractivity contribution is -0.144. The fraction of sp³-hybridized carbons (Fsp3) is 0.174. The summed E-state index contributed by atoms with van der Waals surface area (Å²) in [6.07, 6.45) is -7.26. The minimum atomic E-state index is -5.34. The van der Waals surface area contributed by atoms with Crippen molar-refractivity contribution in [2.45, 2.75) is 35.0 Å². The first kappa shape index (κ1) is 25.4. The second-order valence-corrected chi connectivity index (χ2v) is 9.73. The maximum atomic E-state index is 13.4. The van der Waals surface area contributed by atoms with E-state index in [1.807, 2.05) is 0 Å². The van der Waals surface area contributed by atoms with Crippen LogP contribution in [0.1, 0.15) is 33.5 Å². The number of aryl methyl sites for hydroxylation is 1. The molecule has 0 aliphatic rings. The Hall–Kier alpha value is -3.74. The minimum absolute atomic E-state index is 0.0499. The largest absolute Gasteiger partial charge is 0.417 e. The molecule has 0 amide bonds. The molecule has 13 heteroatoms. The van der Waals surface area contributed by atoms with E-state index < -0.39 is 43.1 Å². The van der Waals surface area contributed by atoms with Crippen molar-refractivity contribution >= 4 is 26.7 Å². The van der Waals surface area contributed by atoms with Gasteiger partial charge in [0.05, 0.1) is 27.1 Å². The Morgan fingerprint density at radius 1 is 0.889 bits per heavy atom. The smallest absolute Gasteiger partial charge is 0.294 e. The lowest BCUT2D eigenvalue weighted by Crippen LogP contribution is -2.16. The van der Waals surface area contributed by atoms with Gasteiger partial charge >= 0.3 is 12.4 Å². The van der Waals surface area contributed by atoms with E-state index in [0.29, 0.717) is 28.2 Å². The number of pyridine rings is 1. The normalized spacial score (nSPS) is 12.7. The zero-order chi connectivity index (χ0) is 26.3. The topological polar surface area (TPSA) is 92.8 Å². The number of aromatic nitrogens is 3. The SMILES string of the molecule is O=C(CCc1ccc(S(=O)(=O)c2ccc(C(F)(F)F)cc2C(F)(F)F)cc1)c1cnc2[nH]ncc2c1. The molecule has 0 saturated carbocycles. The van der Waals surface area contributed by atoms with Crippen LogP contribution in [0.4, 0.5) is 26.3 Å². The van der Waals surface area contributed by atoms with Crippen LogP contribution in [0.5, 0.6) is 0 Å². The Balaban J connectivity index is 1.55. The molecule has 2 heterocycles. The van der Waals surface area contributed by atoms with Gasteiger partial charge in [-0.2, -0.15) is 31.4 Å². The molecule has 0 unspecified atom stereocenters. The van der Waals surface area contributed by atoms with Crippen molar-refractivity contribution in [1.82, 2.24) is 15.2 Å². The molecule has 36 heavy (non-hydrogen) atoms. The Labute approximate surface area is 199 Å². The average molecular weight is 527 g/mol. The Morgan fingerprint density at radius 2 is 1.58 bits per heavy atom. The Bertz CT molecular complexity index is 1540. The van der Waals surface area contributed by atoms with Crippen molar-refractivity contribution in [3.63, 3.8) is 0 Å². The summed E-state index contributed by atoms with van der Waals surface area (Å²) in [5, 5.41) is 7.13. The fourth-order valence-electron chi connectivity index (χ4n) is 3.52. The Kier molecular flexibility index (Phi) is 6.37. The molecular weight excluding hydrogens is 512 g/mol. The number of carbonyl (C=O) groups excluding carboxylic acids is 1. The number of alkyl halides is 6. The van der Waals surface area contributed by atoms with Crippen LogP contribution in [0.3, 0.4) is 0 Å². The van der Waals surface area contributed by atoms with Crippen molar-refractivity contribution in [3.05, 3.63) is 83.2 Å². The van der Waals surface area contributed by atoms with Gasteiger partial charge in [0, 0.05) is 23.6 Å². The standard InChI is InChI=1S/C23H15F6N3O3S/c24-22(25,26)16-4-8-20(18(10-16)23(27,28)29)36(34,35)17-5-1-13(2-6-17)3-7-19(33)14-9-15-12-31-32-21(15)30-11-14/h1-2,4-6,8-12H,3,7H2,(H,30,31,32). The predicted octanol–water partition coefficient (Wildman–Crippen LogP) is 5.64. The van der Waals surface area contributed by atoms with Crippen LogP contribution < -0.4 is 0 Å². The number of halogens is 6. The van der Waals surface area contributed by atoms with Gasteiger partial charge < -0.3 is 0 Å². The number of hydrogen-bond donors (Lipinski definition) is 1. The number of carbonyl (C=O) groups is 1. The van der Waals surface area contributed by atoms with E-state index in [9.17, 15) is 39.6 Å². The number of nitrogens with zero attached hydrogens (tertiary/aromatic N) is 2. The molecule has 4 aromatic rings. The van der Waals surface area contributed by atoms with Crippen LogP contribution in [0.25, 0.3) is 11.0 Å². The van der Waals surface area contributed by atoms with Crippen LogP contribution in [0.15, 0.2) is 70.7 Å². The van der Waals surface area contributed by atoms with E-state index in [1.165, 1.54) is 24.5 Å². The molecule has 0 aliphatic carbocycles. The Morgan fingerprint density at radius 3 is 2.22 bits per heavy atom. The second kappa shape index (κ2) is 9.04. The number of nitrogens with one attached hydrogen (secondary N) is 1. The van der Waals surface area contributed by atoms with Crippen molar-refractivity contribution in [2.75, 3.05) is 0 Å². The molecule has 2 aromatic heterocycles. The molecule has 0 atom stereocenters. The van der Waals surface area contributed by atoms with Gasteiger partial charge in [0.15, 0.2) is 11.4 Å². The number of fused-ring (bicyclic) bond motifs is 1. The zero-order valence-corrected chi connectivity index (χ0v) is 18.8. The van der Waals surface area contributed by atoms with Gasteiger partial charge in [-0.15, -0.1) is 0 Å². The van der Waals surface area contributed by atoms with Crippen molar-refractivity contribution in [1.29, 1.82) is 0 Å². The summed E-state index contributed by atoms with van der Waals surface area (Å²) >= 11 is 0. The number of sulfone groups is 1. The van der Waals surface area contributed by atoms with Gasteiger partial charge in [0.25, 0.3) is 0 Å². The van der Waals surface area contributed by atoms with Crippen LogP contribution in [-0.2, 0) is 28.6 Å². The predicted molar refractivity (Wildman–Crippen MR) is 115 cm³/mol. The summed E-state index contributed by atoms with van der Waals surface area (Å²) in [5.74, 6) is -0.234. The number of aromatic amines is 1. The van der Waals surface area contributed by atoms with Gasteiger partial charge in [-0.3, -0.25) is 9.89 Å². The molecular formula is C23H15F6N3O3S. The minimum Gasteiger partial charge on any atom is -0.294 e. The van der Waals surface area contributed by atoms with Gasteiger partial charge in [-0.1, -0.05) is 12.1 Å². The maximum absolute atomic E-state index is 13.4. The number of rotatable bonds is 6. The molecule has 1 N–H and O–H groups in total. The quantitative estimate of drug-likeness (QED) is 0.259. The monoisotopic (exact) mass is 527 g/mol. The molecule has 6 nitrogen and oxygen atoms in total. The molecule has 0 bridgehead atoms. The van der Waals surface area contributed by atoms with Crippen molar-refractivity contribution in [3.8, 4) is 0 Å². The maximum Gasteiger partial charge on any atom is 0.417 e. The number of benzene rings is 2. The second-order valence-electron chi connectivity index (χ2n) is 7.81. The highest BCUT2D eigenvalue weighted by atomic mass is 32.2. The molecule has 0 fully saturated rings. The van der Waals surface area contributed by atoms with Gasteiger partial charge in [-0.05, 0) is 48.4 Å². The third-order valence-corrected chi connectivity index (χ3v) is 7.22. The summed E-state index contributed by atoms with van der Waals surface area (Å²) in [7, 11) is -4.79. The fourth-order valence-corrected chi connectivity index (χ4v) is 4.98. The van der Waals surface area contributed by atoms with E-state index in [4.69, 9.17) is 0 Å². The highest BCUT2D eigenvalue weighted by Crippen LogP contribution is 2.40. The van der Waals surface area contributed by atoms with Crippen LogP contribution in [0, 0.1) is 0 Å². The molecule has 0 radical (unpaired) electrons. The summed E-state index contributed by atoms with van der Waals surface area (Å²) in [6, 6.07) is 6.74. The van der Waals surface area contributed by atoms with E-state index >= 15 is 0 Å². The molecule has 2 aromatic carbocycles. The molecule has 0 aliphatic heterocycles. The summed E-state index contributed by atoms with van der Waals surface area (Å²) < 4.78 is 105. The molecule has 0 saturated heterocycles. The van der Waals surface area contributed by atoms with Crippen LogP contribution >= 0.6 is 0 Å². The van der Waals surface area contributed by atoms with Crippen LogP contribution in [-0.4, -0.2) is 29.4 Å². The van der Waals surface area contributed by atoms with E-state index in [1.54, 1.807) is 6.07 Å². The first-order valence-electron chi connectivity index (χ1n) is 10.2. The highest BCUT2D eigenvalue weighted by Gasteiger charge is 2.41. The van der Waals surface area contributed by atoms with Crippen molar-refractivity contribution in [2.24, 2.45) is 0 Å². The third-order valence-electron chi connectivity index (χ3n) is 5.39. The molecule has 188 valence electrons. The van der Waals surface area contributed by atoms with E-state index in [2.05, 4.69) is 15.2 Å². The number of ketones is 1. The number of hydrogen-bond acceptors (Lipinski definition) is 5. The highest BCUT2D eigenvalue weighted by molar-refractivity contribution is 7.91. The lowest BCUT2D eigenvalue weighted by atomic mass is 10.0. The third kappa shape index (κ3) is 5.10. The summed E-state index contributed by atoms with van der Waals surface area (Å²) in [6.45, 7) is 0. The lowest BCUT2D eigenvalue weighted by Gasteiger charge is -2.16. The summed E-state index contributed by atoms with van der Waals surface area (Å²) in [5.41, 5.74) is -2.12. The van der Waals surface area contributed by atoms with Gasteiger partial charge in [-0.25, -0.2) is 13.4 Å². The van der Waals surface area contributed by atoms with Gasteiger partial charge in [0.1, 0.15) is 0 Å². The van der Waals surface area contributed by atoms with Crippen molar-refractivity contribution < 1.29 is 39.6 Å².